The van der Waals surface area contributed by atoms with Crippen LogP contribution in [0.3, 0.4) is 0 Å². The van der Waals surface area contributed by atoms with Crippen LogP contribution in [-0.4, -0.2) is 5.97 Å². The molecule has 2 rings (SSSR count). The van der Waals surface area contributed by atoms with Gasteiger partial charge in [0.15, 0.2) is 0 Å². The van der Waals surface area contributed by atoms with Gasteiger partial charge in [0, 0.05) is 0 Å². The fourth-order valence-electron chi connectivity index (χ4n) is 2.86. The van der Waals surface area contributed by atoms with Gasteiger partial charge >= 0.3 is 5.97 Å². The minimum Gasteiger partial charge on any atom is -0.423 e. The van der Waals surface area contributed by atoms with Crippen molar-refractivity contribution in [3.8, 4) is 5.75 Å². The van der Waals surface area contributed by atoms with Crippen molar-refractivity contribution in [3.63, 3.8) is 0 Å². The summed E-state index contributed by atoms with van der Waals surface area (Å²) >= 11 is 0. The van der Waals surface area contributed by atoms with Crippen LogP contribution in [0.5, 0.6) is 5.75 Å². The molecule has 0 fully saturated rings. The summed E-state index contributed by atoms with van der Waals surface area (Å²) in [5.41, 5.74) is 3.18. The van der Waals surface area contributed by atoms with Crippen molar-refractivity contribution in [2.24, 2.45) is 0 Å². The van der Waals surface area contributed by atoms with Gasteiger partial charge in [-0.15, -0.1) is 0 Å². The van der Waals surface area contributed by atoms with Gasteiger partial charge in [-0.1, -0.05) is 63.8 Å². The van der Waals surface area contributed by atoms with Gasteiger partial charge in [0.2, 0.25) is 0 Å². The highest BCUT2D eigenvalue weighted by molar-refractivity contribution is 5.91. The van der Waals surface area contributed by atoms with E-state index in [1.165, 1.54) is 49.7 Å². The zero-order chi connectivity index (χ0) is 17.9. The number of carbonyl (C=O) groups is 1. The lowest BCUT2D eigenvalue weighted by Crippen LogP contribution is -2.08. The molecule has 0 N–H and O–H groups in total. The van der Waals surface area contributed by atoms with Crippen LogP contribution < -0.4 is 4.74 Å². The molecule has 2 aromatic rings. The largest absolute Gasteiger partial charge is 0.423 e. The Kier molecular flexibility index (Phi) is 8.24. The molecule has 0 radical (unpaired) electrons. The van der Waals surface area contributed by atoms with Gasteiger partial charge in [0.25, 0.3) is 0 Å². The van der Waals surface area contributed by atoms with Crippen LogP contribution in [0.25, 0.3) is 0 Å². The van der Waals surface area contributed by atoms with Gasteiger partial charge in [0.1, 0.15) is 5.75 Å². The first-order valence-electron chi connectivity index (χ1n) is 9.63. The molecule has 2 heteroatoms. The van der Waals surface area contributed by atoms with E-state index < -0.39 is 0 Å². The lowest BCUT2D eigenvalue weighted by molar-refractivity contribution is 0.0734. The molecule has 0 aromatic heterocycles. The summed E-state index contributed by atoms with van der Waals surface area (Å²) in [5.74, 6) is 0.315. The molecule has 0 unspecified atom stereocenters. The lowest BCUT2D eigenvalue weighted by atomic mass is 10.1. The van der Waals surface area contributed by atoms with E-state index in [4.69, 9.17) is 4.74 Å². The minimum atomic E-state index is -0.293. The average Bonchev–Trinajstić information content (AvgIpc) is 2.64. The summed E-state index contributed by atoms with van der Waals surface area (Å²) in [6.45, 7) is 4.41. The smallest absolute Gasteiger partial charge is 0.343 e. The Hall–Kier alpha value is -2.09. The van der Waals surface area contributed by atoms with Crippen LogP contribution in [0.2, 0.25) is 0 Å². The van der Waals surface area contributed by atoms with Gasteiger partial charge in [-0.3, -0.25) is 0 Å². The Labute approximate surface area is 152 Å². The fourth-order valence-corrected chi connectivity index (χ4v) is 2.86. The number of esters is 1. The number of hydrogen-bond donors (Lipinski definition) is 0. The molecule has 0 atom stereocenters. The number of aryl methyl sites for hydroxylation is 2. The van der Waals surface area contributed by atoms with E-state index in [1.807, 2.05) is 36.4 Å². The Morgan fingerprint density at radius 3 is 1.68 bits per heavy atom. The Balaban J connectivity index is 1.86. The molecule has 2 aromatic carbocycles. The molecule has 0 amide bonds. The van der Waals surface area contributed by atoms with E-state index >= 15 is 0 Å². The number of unbranched alkanes of at least 4 members (excludes halogenated alkanes) is 4. The van der Waals surface area contributed by atoms with Gasteiger partial charge < -0.3 is 4.74 Å². The van der Waals surface area contributed by atoms with Gasteiger partial charge in [0.05, 0.1) is 5.56 Å². The lowest BCUT2D eigenvalue weighted by Gasteiger charge is -2.07. The number of ether oxygens (including phenoxy) is 1. The summed E-state index contributed by atoms with van der Waals surface area (Å²) in [4.78, 5) is 12.3. The molecular weight excluding hydrogens is 308 g/mol. The molecule has 0 aliphatic carbocycles. The first-order chi connectivity index (χ1) is 12.2. The maximum atomic E-state index is 12.3. The normalized spacial score (nSPS) is 10.6. The van der Waals surface area contributed by atoms with Crippen molar-refractivity contribution >= 4 is 5.97 Å². The summed E-state index contributed by atoms with van der Waals surface area (Å²) < 4.78 is 5.48. The molecule has 134 valence electrons. The van der Waals surface area contributed by atoms with Crippen molar-refractivity contribution in [3.05, 3.63) is 65.2 Å². The van der Waals surface area contributed by atoms with Crippen molar-refractivity contribution < 1.29 is 9.53 Å². The highest BCUT2D eigenvalue weighted by atomic mass is 16.5. The second-order valence-corrected chi connectivity index (χ2v) is 6.64. The van der Waals surface area contributed by atoms with Crippen LogP contribution >= 0.6 is 0 Å². The third-order valence-electron chi connectivity index (χ3n) is 4.46. The van der Waals surface area contributed by atoms with Crippen LogP contribution in [0.4, 0.5) is 0 Å². The van der Waals surface area contributed by atoms with Gasteiger partial charge in [-0.2, -0.15) is 0 Å². The monoisotopic (exact) mass is 338 g/mol. The van der Waals surface area contributed by atoms with E-state index in [0.717, 1.165) is 12.8 Å². The summed E-state index contributed by atoms with van der Waals surface area (Å²) in [6.07, 6.45) is 9.52. The predicted octanol–water partition coefficient (Wildman–Crippen LogP) is 6.37. The number of benzene rings is 2. The van der Waals surface area contributed by atoms with Crippen molar-refractivity contribution in [2.75, 3.05) is 0 Å². The zero-order valence-electron chi connectivity index (χ0n) is 15.6. The Morgan fingerprint density at radius 2 is 1.20 bits per heavy atom. The standard InChI is InChI=1S/C23H30O2/c1-3-5-7-9-19-11-15-21(16-12-19)23(24)25-22-17-13-20(14-18-22)10-8-6-4-2/h11-18H,3-10H2,1-2H3. The fraction of sp³-hybridized carbons (Fsp3) is 0.435. The van der Waals surface area contributed by atoms with E-state index in [9.17, 15) is 4.79 Å². The van der Waals surface area contributed by atoms with Gasteiger partial charge in [-0.05, 0) is 61.1 Å². The predicted molar refractivity (Wildman–Crippen MR) is 104 cm³/mol. The van der Waals surface area contributed by atoms with E-state index in [-0.39, 0.29) is 5.97 Å². The molecule has 0 spiro atoms. The Bertz CT molecular complexity index is 626. The highest BCUT2D eigenvalue weighted by Crippen LogP contribution is 2.17. The quantitative estimate of drug-likeness (QED) is 0.286. The second-order valence-electron chi connectivity index (χ2n) is 6.64. The molecule has 0 bridgehead atoms. The number of hydrogen-bond acceptors (Lipinski definition) is 2. The molecule has 25 heavy (non-hydrogen) atoms. The summed E-state index contributed by atoms with van der Waals surface area (Å²) in [7, 11) is 0. The van der Waals surface area contributed by atoms with Crippen LogP contribution in [0.15, 0.2) is 48.5 Å². The second kappa shape index (κ2) is 10.7. The summed E-state index contributed by atoms with van der Waals surface area (Å²) in [6, 6.07) is 15.7. The number of carbonyl (C=O) groups excluding carboxylic acids is 1. The third-order valence-corrected chi connectivity index (χ3v) is 4.46. The first kappa shape index (κ1) is 19.2. The molecule has 0 aliphatic rings. The van der Waals surface area contributed by atoms with Crippen molar-refractivity contribution in [1.29, 1.82) is 0 Å². The summed E-state index contributed by atoms with van der Waals surface area (Å²) in [5, 5.41) is 0. The van der Waals surface area contributed by atoms with Crippen LogP contribution in [-0.2, 0) is 12.8 Å². The third kappa shape index (κ3) is 6.74. The molecular formula is C23H30O2. The maximum absolute atomic E-state index is 12.3. The molecule has 0 heterocycles. The average molecular weight is 338 g/mol. The van der Waals surface area contributed by atoms with Crippen molar-refractivity contribution in [1.82, 2.24) is 0 Å². The Morgan fingerprint density at radius 1 is 0.720 bits per heavy atom. The van der Waals surface area contributed by atoms with E-state index in [1.54, 1.807) is 0 Å². The minimum absolute atomic E-state index is 0.293. The first-order valence-corrected chi connectivity index (χ1v) is 9.63. The van der Waals surface area contributed by atoms with Crippen molar-refractivity contribution in [2.45, 2.75) is 65.2 Å². The SMILES string of the molecule is CCCCCc1ccc(OC(=O)c2ccc(CCCCC)cc2)cc1. The van der Waals surface area contributed by atoms with Crippen LogP contribution in [0, 0.1) is 0 Å². The number of rotatable bonds is 10. The molecule has 2 nitrogen and oxygen atoms in total. The van der Waals surface area contributed by atoms with Crippen LogP contribution in [0.1, 0.15) is 73.9 Å². The highest BCUT2D eigenvalue weighted by Gasteiger charge is 2.08. The van der Waals surface area contributed by atoms with Gasteiger partial charge in [-0.25, -0.2) is 4.79 Å². The maximum Gasteiger partial charge on any atom is 0.343 e. The zero-order valence-corrected chi connectivity index (χ0v) is 15.6. The van der Waals surface area contributed by atoms with E-state index in [2.05, 4.69) is 26.0 Å². The van der Waals surface area contributed by atoms with E-state index in [0.29, 0.717) is 11.3 Å². The topological polar surface area (TPSA) is 26.3 Å². The molecule has 0 saturated heterocycles. The molecule has 0 saturated carbocycles. The molecule has 0 aliphatic heterocycles.